The van der Waals surface area contributed by atoms with Crippen molar-refractivity contribution in [2.75, 3.05) is 26.3 Å². The normalized spacial score (nSPS) is 11.5. The van der Waals surface area contributed by atoms with Gasteiger partial charge in [0.15, 0.2) is 0 Å². The molecule has 0 fully saturated rings. The molecule has 2 rings (SSSR count). The molecule has 0 heterocycles. The van der Waals surface area contributed by atoms with Crippen molar-refractivity contribution in [2.24, 2.45) is 5.73 Å². The first-order chi connectivity index (χ1) is 14.4. The Labute approximate surface area is 176 Å². The fourth-order valence-corrected chi connectivity index (χ4v) is 2.60. The van der Waals surface area contributed by atoms with E-state index in [4.69, 9.17) is 15.2 Å². The van der Waals surface area contributed by atoms with Crippen LogP contribution in [0.15, 0.2) is 48.5 Å². The van der Waals surface area contributed by atoms with Crippen LogP contribution in [-0.2, 0) is 22.6 Å². The van der Waals surface area contributed by atoms with Gasteiger partial charge in [0.05, 0.1) is 6.42 Å². The number of amides is 2. The number of hydrogen-bond acceptors (Lipinski definition) is 6. The molecule has 1 atom stereocenters. The summed E-state index contributed by atoms with van der Waals surface area (Å²) < 4.78 is 11.2. The number of primary amides is 1. The Hall–Kier alpha value is -3.10. The van der Waals surface area contributed by atoms with Crippen LogP contribution >= 0.6 is 0 Å². The van der Waals surface area contributed by atoms with Gasteiger partial charge in [0.1, 0.15) is 30.8 Å². The molecule has 0 bridgehead atoms. The van der Waals surface area contributed by atoms with Gasteiger partial charge in [-0.1, -0.05) is 24.3 Å². The molecule has 0 saturated carbocycles. The molecule has 0 aliphatic rings. The van der Waals surface area contributed by atoms with Crippen molar-refractivity contribution in [3.05, 3.63) is 59.7 Å². The summed E-state index contributed by atoms with van der Waals surface area (Å²) >= 11 is 0. The minimum Gasteiger partial charge on any atom is -0.492 e. The molecule has 2 aromatic carbocycles. The van der Waals surface area contributed by atoms with Crippen LogP contribution in [0.3, 0.4) is 0 Å². The minimum absolute atomic E-state index is 0.0746. The van der Waals surface area contributed by atoms with E-state index in [0.29, 0.717) is 37.7 Å². The number of aliphatic hydroxyl groups is 1. The highest BCUT2D eigenvalue weighted by atomic mass is 16.5. The Morgan fingerprint density at radius 3 is 2.20 bits per heavy atom. The first-order valence-corrected chi connectivity index (χ1v) is 9.77. The summed E-state index contributed by atoms with van der Waals surface area (Å²) in [7, 11) is 0. The summed E-state index contributed by atoms with van der Waals surface area (Å²) in [5.74, 6) is 0.920. The Balaban J connectivity index is 1.57. The lowest BCUT2D eigenvalue weighted by Crippen LogP contribution is -2.33. The van der Waals surface area contributed by atoms with Crippen molar-refractivity contribution < 1.29 is 24.2 Å². The van der Waals surface area contributed by atoms with Gasteiger partial charge in [-0.2, -0.15) is 0 Å². The molecule has 0 radical (unpaired) electrons. The molecule has 0 saturated heterocycles. The van der Waals surface area contributed by atoms with Gasteiger partial charge in [-0.05, 0) is 35.4 Å². The largest absolute Gasteiger partial charge is 0.492 e. The lowest BCUT2D eigenvalue weighted by molar-refractivity contribution is -0.119. The van der Waals surface area contributed by atoms with Crippen molar-refractivity contribution >= 4 is 11.8 Å². The Morgan fingerprint density at radius 2 is 1.60 bits per heavy atom. The molecular weight excluding hydrogens is 386 g/mol. The number of nitrogens with two attached hydrogens (primary N) is 1. The van der Waals surface area contributed by atoms with E-state index in [0.717, 1.165) is 11.1 Å². The van der Waals surface area contributed by atoms with Crippen LogP contribution in [-0.4, -0.2) is 49.3 Å². The second kappa shape index (κ2) is 12.5. The monoisotopic (exact) mass is 415 g/mol. The summed E-state index contributed by atoms with van der Waals surface area (Å²) in [6.45, 7) is 3.50. The number of rotatable bonds is 13. The van der Waals surface area contributed by atoms with E-state index in [-0.39, 0.29) is 24.8 Å². The van der Waals surface area contributed by atoms with E-state index in [1.807, 2.05) is 12.1 Å². The molecule has 5 N–H and O–H groups in total. The van der Waals surface area contributed by atoms with Gasteiger partial charge in [-0.3, -0.25) is 9.59 Å². The third kappa shape index (κ3) is 9.40. The van der Waals surface area contributed by atoms with Crippen LogP contribution in [0.1, 0.15) is 18.1 Å². The van der Waals surface area contributed by atoms with Crippen molar-refractivity contribution in [1.29, 1.82) is 0 Å². The maximum atomic E-state index is 10.9. The van der Waals surface area contributed by atoms with E-state index in [2.05, 4.69) is 10.6 Å². The van der Waals surface area contributed by atoms with E-state index < -0.39 is 6.10 Å². The second-order valence-corrected chi connectivity index (χ2v) is 6.86. The van der Waals surface area contributed by atoms with E-state index in [1.165, 1.54) is 6.92 Å². The van der Waals surface area contributed by atoms with E-state index in [1.54, 1.807) is 36.4 Å². The van der Waals surface area contributed by atoms with Gasteiger partial charge in [-0.15, -0.1) is 0 Å². The predicted octanol–water partition coefficient (Wildman–Crippen LogP) is 0.759. The lowest BCUT2D eigenvalue weighted by atomic mass is 10.1. The molecule has 162 valence electrons. The Bertz CT molecular complexity index is 793. The maximum absolute atomic E-state index is 10.9. The predicted molar refractivity (Wildman–Crippen MR) is 113 cm³/mol. The third-order valence-electron chi connectivity index (χ3n) is 4.14. The smallest absolute Gasteiger partial charge is 0.221 e. The van der Waals surface area contributed by atoms with E-state index in [9.17, 15) is 14.7 Å². The molecule has 2 amide bonds. The first-order valence-electron chi connectivity index (χ1n) is 9.77. The number of aliphatic hydroxyl groups excluding tert-OH is 1. The summed E-state index contributed by atoms with van der Waals surface area (Å²) in [4.78, 5) is 21.8. The highest BCUT2D eigenvalue weighted by Crippen LogP contribution is 2.13. The number of hydrogen-bond donors (Lipinski definition) is 4. The Kier molecular flexibility index (Phi) is 9.63. The molecule has 2 aromatic rings. The van der Waals surface area contributed by atoms with Crippen LogP contribution in [0.2, 0.25) is 0 Å². The highest BCUT2D eigenvalue weighted by Gasteiger charge is 2.05. The van der Waals surface area contributed by atoms with Gasteiger partial charge in [-0.25, -0.2) is 0 Å². The zero-order chi connectivity index (χ0) is 21.8. The summed E-state index contributed by atoms with van der Waals surface area (Å²) in [5.41, 5.74) is 6.98. The number of benzene rings is 2. The van der Waals surface area contributed by atoms with Crippen molar-refractivity contribution in [2.45, 2.75) is 26.0 Å². The molecule has 0 spiro atoms. The average molecular weight is 415 g/mol. The van der Waals surface area contributed by atoms with Crippen LogP contribution in [0, 0.1) is 0 Å². The quantitative estimate of drug-likeness (QED) is 0.358. The molecule has 30 heavy (non-hydrogen) atoms. The lowest BCUT2D eigenvalue weighted by Gasteiger charge is -2.14. The molecular formula is C22H29N3O5. The van der Waals surface area contributed by atoms with Crippen molar-refractivity contribution in [3.8, 4) is 11.5 Å². The number of nitrogens with one attached hydrogen (secondary N) is 2. The summed E-state index contributed by atoms with van der Waals surface area (Å²) in [5, 5.41) is 15.9. The third-order valence-corrected chi connectivity index (χ3v) is 4.14. The number of carbonyl (C=O) groups is 2. The van der Waals surface area contributed by atoms with E-state index >= 15 is 0 Å². The van der Waals surface area contributed by atoms with Gasteiger partial charge < -0.3 is 30.9 Å². The Morgan fingerprint density at radius 1 is 1.00 bits per heavy atom. The molecule has 0 aromatic heterocycles. The van der Waals surface area contributed by atoms with Crippen LogP contribution in [0.25, 0.3) is 0 Å². The van der Waals surface area contributed by atoms with Gasteiger partial charge in [0.25, 0.3) is 0 Å². The number of carbonyl (C=O) groups excluding carboxylic acids is 2. The second-order valence-electron chi connectivity index (χ2n) is 6.86. The molecule has 0 aliphatic heterocycles. The molecule has 8 heteroatoms. The summed E-state index contributed by atoms with van der Waals surface area (Å²) in [6, 6.07) is 14.5. The zero-order valence-corrected chi connectivity index (χ0v) is 17.1. The molecule has 8 nitrogen and oxygen atoms in total. The zero-order valence-electron chi connectivity index (χ0n) is 17.1. The van der Waals surface area contributed by atoms with Crippen molar-refractivity contribution in [3.63, 3.8) is 0 Å². The minimum atomic E-state index is -0.655. The summed E-state index contributed by atoms with van der Waals surface area (Å²) in [6.07, 6.45) is -0.444. The van der Waals surface area contributed by atoms with Gasteiger partial charge >= 0.3 is 0 Å². The topological polar surface area (TPSA) is 123 Å². The first kappa shape index (κ1) is 23.2. The number of ether oxygens (including phenoxy) is 2. The fraction of sp³-hybridized carbons (Fsp3) is 0.364. The standard InChI is InChI=1S/C22H29N3O5/c1-16(26)25-13-18-4-8-21(9-5-18)30-15-19(27)14-24-10-11-29-20-6-2-17(3-7-20)12-22(23)28/h2-9,19,24,27H,10-15H2,1H3,(H2,23,28)(H,25,26). The fourth-order valence-electron chi connectivity index (χ4n) is 2.60. The van der Waals surface area contributed by atoms with Crippen molar-refractivity contribution in [1.82, 2.24) is 10.6 Å². The maximum Gasteiger partial charge on any atom is 0.221 e. The van der Waals surface area contributed by atoms with Gasteiger partial charge in [0, 0.05) is 26.6 Å². The van der Waals surface area contributed by atoms with Gasteiger partial charge in [0.2, 0.25) is 11.8 Å². The molecule has 1 unspecified atom stereocenters. The van der Waals surface area contributed by atoms with Crippen LogP contribution in [0.4, 0.5) is 0 Å². The molecule has 0 aliphatic carbocycles. The SMILES string of the molecule is CC(=O)NCc1ccc(OCC(O)CNCCOc2ccc(CC(N)=O)cc2)cc1. The average Bonchev–Trinajstić information content (AvgIpc) is 2.72. The van der Waals surface area contributed by atoms with Crippen LogP contribution in [0.5, 0.6) is 11.5 Å². The van der Waals surface area contributed by atoms with Crippen LogP contribution < -0.4 is 25.8 Å². The highest BCUT2D eigenvalue weighted by molar-refractivity contribution is 5.76.